The van der Waals surface area contributed by atoms with Gasteiger partial charge in [0.2, 0.25) is 5.91 Å². The summed E-state index contributed by atoms with van der Waals surface area (Å²) in [6, 6.07) is -0.589. The molecule has 1 amide bonds. The second-order valence-corrected chi connectivity index (χ2v) is 5.05. The van der Waals surface area contributed by atoms with Crippen LogP contribution in [0.3, 0.4) is 0 Å². The number of carbonyl (C=O) groups excluding carboxylic acids is 1. The average Bonchev–Trinajstić information content (AvgIpc) is 2.61. The monoisotopic (exact) mass is 232 g/mol. The van der Waals surface area contributed by atoms with Crippen molar-refractivity contribution in [1.29, 1.82) is 0 Å². The Balaban J connectivity index is 2.08. The fourth-order valence-electron chi connectivity index (χ4n) is 2.90. The molecule has 1 heterocycles. The van der Waals surface area contributed by atoms with Gasteiger partial charge in [-0.25, -0.2) is 8.78 Å². The van der Waals surface area contributed by atoms with E-state index in [2.05, 4.69) is 0 Å². The molecular weight excluding hydrogens is 214 g/mol. The Bertz CT molecular complexity index is 294. The van der Waals surface area contributed by atoms with E-state index in [-0.39, 0.29) is 24.8 Å². The summed E-state index contributed by atoms with van der Waals surface area (Å²) in [6.07, 6.45) is 1.34. The average molecular weight is 232 g/mol. The molecule has 1 saturated heterocycles. The van der Waals surface area contributed by atoms with Gasteiger partial charge in [0.15, 0.2) is 0 Å². The Kier molecular flexibility index (Phi) is 2.90. The van der Waals surface area contributed by atoms with Crippen LogP contribution >= 0.6 is 0 Å². The highest BCUT2D eigenvalue weighted by Gasteiger charge is 2.51. The van der Waals surface area contributed by atoms with Crippen molar-refractivity contribution < 1.29 is 13.6 Å². The van der Waals surface area contributed by atoms with Gasteiger partial charge in [-0.15, -0.1) is 0 Å². The van der Waals surface area contributed by atoms with Gasteiger partial charge in [-0.2, -0.15) is 0 Å². The SMILES string of the molecule is C[C@H](N)C(=O)N1C[C@@H]2CCCC(F)(F)[C@@H]2C1. The van der Waals surface area contributed by atoms with Crippen LogP contribution in [0.5, 0.6) is 0 Å². The minimum absolute atomic E-state index is 0.0334. The van der Waals surface area contributed by atoms with E-state index in [1.807, 2.05) is 0 Å². The molecule has 0 radical (unpaired) electrons. The minimum atomic E-state index is -2.60. The number of nitrogens with two attached hydrogens (primary N) is 1. The maximum atomic E-state index is 13.6. The molecular formula is C11H18F2N2O. The van der Waals surface area contributed by atoms with Crippen LogP contribution in [-0.2, 0) is 4.79 Å². The number of hydrogen-bond acceptors (Lipinski definition) is 2. The molecule has 0 aromatic carbocycles. The predicted octanol–water partition coefficient (Wildman–Crippen LogP) is 1.23. The highest BCUT2D eigenvalue weighted by Crippen LogP contribution is 2.45. The van der Waals surface area contributed by atoms with Crippen LogP contribution in [0.25, 0.3) is 0 Å². The normalized spacial score (nSPS) is 34.6. The van der Waals surface area contributed by atoms with Crippen molar-refractivity contribution in [1.82, 2.24) is 4.90 Å². The lowest BCUT2D eigenvalue weighted by atomic mass is 9.79. The molecule has 2 fully saturated rings. The van der Waals surface area contributed by atoms with Crippen molar-refractivity contribution in [2.75, 3.05) is 13.1 Å². The fourth-order valence-corrected chi connectivity index (χ4v) is 2.90. The van der Waals surface area contributed by atoms with E-state index in [1.54, 1.807) is 6.92 Å². The number of halogens is 2. The van der Waals surface area contributed by atoms with Gasteiger partial charge in [-0.3, -0.25) is 4.79 Å². The van der Waals surface area contributed by atoms with Crippen LogP contribution in [0, 0.1) is 11.8 Å². The van der Waals surface area contributed by atoms with Gasteiger partial charge < -0.3 is 10.6 Å². The van der Waals surface area contributed by atoms with Crippen molar-refractivity contribution in [3.63, 3.8) is 0 Å². The highest BCUT2D eigenvalue weighted by atomic mass is 19.3. The van der Waals surface area contributed by atoms with Gasteiger partial charge in [0.1, 0.15) is 0 Å². The first kappa shape index (κ1) is 11.8. The minimum Gasteiger partial charge on any atom is -0.341 e. The van der Waals surface area contributed by atoms with Crippen LogP contribution in [0.1, 0.15) is 26.2 Å². The van der Waals surface area contributed by atoms with Crippen molar-refractivity contribution >= 4 is 5.91 Å². The molecule has 0 spiro atoms. The topological polar surface area (TPSA) is 46.3 Å². The molecule has 0 unspecified atom stereocenters. The Morgan fingerprint density at radius 2 is 2.19 bits per heavy atom. The van der Waals surface area contributed by atoms with E-state index in [9.17, 15) is 13.6 Å². The Hall–Kier alpha value is -0.710. The van der Waals surface area contributed by atoms with E-state index >= 15 is 0 Å². The number of hydrogen-bond donors (Lipinski definition) is 1. The van der Waals surface area contributed by atoms with Gasteiger partial charge in [-0.05, 0) is 25.7 Å². The molecule has 3 nitrogen and oxygen atoms in total. The first-order chi connectivity index (χ1) is 7.42. The summed E-state index contributed by atoms with van der Waals surface area (Å²) in [6.45, 7) is 2.24. The molecule has 1 saturated carbocycles. The molecule has 92 valence electrons. The van der Waals surface area contributed by atoms with Gasteiger partial charge in [0, 0.05) is 25.4 Å². The molecule has 2 rings (SSSR count). The van der Waals surface area contributed by atoms with Crippen LogP contribution in [-0.4, -0.2) is 35.9 Å². The second-order valence-electron chi connectivity index (χ2n) is 5.05. The summed E-state index contributed by atoms with van der Waals surface area (Å²) in [5.74, 6) is -3.49. The van der Waals surface area contributed by atoms with Crippen LogP contribution in [0.4, 0.5) is 8.78 Å². The second kappa shape index (κ2) is 3.95. The summed E-state index contributed by atoms with van der Waals surface area (Å²) in [5.41, 5.74) is 5.49. The van der Waals surface area contributed by atoms with Gasteiger partial charge in [0.05, 0.1) is 6.04 Å². The molecule has 5 heteroatoms. The standard InChI is InChI=1S/C11H18F2N2O/c1-7(14)10(16)15-5-8-3-2-4-11(12,13)9(8)6-15/h7-9H,2-6,14H2,1H3/t7-,8-,9+/m0/s1. The number of likely N-dealkylation sites (tertiary alicyclic amines) is 1. The number of nitrogens with zero attached hydrogens (tertiary/aromatic N) is 1. The third-order valence-corrected chi connectivity index (χ3v) is 3.77. The lowest BCUT2D eigenvalue weighted by Gasteiger charge is -2.32. The Labute approximate surface area is 94.0 Å². The summed E-state index contributed by atoms with van der Waals surface area (Å²) in [4.78, 5) is 13.2. The number of alkyl halides is 2. The van der Waals surface area contributed by atoms with Crippen LogP contribution < -0.4 is 5.73 Å². The van der Waals surface area contributed by atoms with E-state index in [0.29, 0.717) is 13.0 Å². The fraction of sp³-hybridized carbons (Fsp3) is 0.909. The smallest absolute Gasteiger partial charge is 0.252 e. The maximum absolute atomic E-state index is 13.6. The Morgan fingerprint density at radius 3 is 2.75 bits per heavy atom. The summed E-state index contributed by atoms with van der Waals surface area (Å²) < 4.78 is 27.3. The van der Waals surface area contributed by atoms with Crippen molar-refractivity contribution in [2.24, 2.45) is 17.6 Å². The molecule has 2 N–H and O–H groups in total. The van der Waals surface area contributed by atoms with Crippen molar-refractivity contribution in [2.45, 2.75) is 38.2 Å². The lowest BCUT2D eigenvalue weighted by molar-refractivity contribution is -0.132. The molecule has 3 atom stereocenters. The zero-order valence-electron chi connectivity index (χ0n) is 9.46. The first-order valence-corrected chi connectivity index (χ1v) is 5.84. The predicted molar refractivity (Wildman–Crippen MR) is 56.0 cm³/mol. The number of amides is 1. The Morgan fingerprint density at radius 1 is 1.50 bits per heavy atom. The molecule has 1 aliphatic heterocycles. The van der Waals surface area contributed by atoms with Gasteiger partial charge in [-0.1, -0.05) is 0 Å². The third kappa shape index (κ3) is 1.93. The largest absolute Gasteiger partial charge is 0.341 e. The lowest BCUT2D eigenvalue weighted by Crippen LogP contribution is -2.42. The quantitative estimate of drug-likeness (QED) is 0.739. The highest BCUT2D eigenvalue weighted by molar-refractivity contribution is 5.81. The van der Waals surface area contributed by atoms with E-state index in [1.165, 1.54) is 4.90 Å². The van der Waals surface area contributed by atoms with Crippen LogP contribution in [0.2, 0.25) is 0 Å². The summed E-state index contributed by atoms with van der Waals surface area (Å²) >= 11 is 0. The maximum Gasteiger partial charge on any atom is 0.252 e. The van der Waals surface area contributed by atoms with Gasteiger partial charge in [0.25, 0.3) is 5.92 Å². The summed E-state index contributed by atoms with van der Waals surface area (Å²) in [7, 11) is 0. The van der Waals surface area contributed by atoms with Crippen LogP contribution in [0.15, 0.2) is 0 Å². The zero-order valence-corrected chi connectivity index (χ0v) is 9.46. The number of fused-ring (bicyclic) bond motifs is 1. The summed E-state index contributed by atoms with van der Waals surface area (Å²) in [5, 5.41) is 0. The zero-order chi connectivity index (χ0) is 11.9. The third-order valence-electron chi connectivity index (χ3n) is 3.77. The van der Waals surface area contributed by atoms with E-state index in [0.717, 1.165) is 6.42 Å². The molecule has 2 aliphatic rings. The molecule has 1 aliphatic carbocycles. The van der Waals surface area contributed by atoms with E-state index < -0.39 is 17.9 Å². The molecule has 16 heavy (non-hydrogen) atoms. The first-order valence-electron chi connectivity index (χ1n) is 5.84. The number of rotatable bonds is 1. The molecule has 0 bridgehead atoms. The number of carbonyl (C=O) groups is 1. The van der Waals surface area contributed by atoms with E-state index in [4.69, 9.17) is 5.73 Å². The molecule has 0 aromatic heterocycles. The molecule has 0 aromatic rings. The van der Waals surface area contributed by atoms with Gasteiger partial charge >= 0.3 is 0 Å². The van der Waals surface area contributed by atoms with Crippen molar-refractivity contribution in [3.8, 4) is 0 Å². The van der Waals surface area contributed by atoms with Crippen molar-refractivity contribution in [3.05, 3.63) is 0 Å².